The van der Waals surface area contributed by atoms with Gasteiger partial charge in [0.2, 0.25) is 0 Å². The van der Waals surface area contributed by atoms with Crippen molar-refractivity contribution in [3.63, 3.8) is 0 Å². The van der Waals surface area contributed by atoms with Gasteiger partial charge in [0.15, 0.2) is 0 Å². The summed E-state index contributed by atoms with van der Waals surface area (Å²) in [6.07, 6.45) is 2.44. The Bertz CT molecular complexity index is 418. The standard InChI is InChI=1S/C14H18FNO2/c1-2-12(10-5-7-11(15)8-6-10)16-9-3-4-13(16)14(17)18/h5-8,12-13H,2-4,9H2,1H3,(H,17,18). The third kappa shape index (κ3) is 2.53. The fourth-order valence-corrected chi connectivity index (χ4v) is 2.77. The smallest absolute Gasteiger partial charge is 0.320 e. The summed E-state index contributed by atoms with van der Waals surface area (Å²) < 4.78 is 12.9. The summed E-state index contributed by atoms with van der Waals surface area (Å²) in [6, 6.07) is 6.03. The van der Waals surface area contributed by atoms with Crippen molar-refractivity contribution in [1.29, 1.82) is 0 Å². The van der Waals surface area contributed by atoms with E-state index in [1.165, 1.54) is 12.1 Å². The Balaban J connectivity index is 2.22. The topological polar surface area (TPSA) is 40.5 Å². The Kier molecular flexibility index (Phi) is 3.97. The van der Waals surface area contributed by atoms with Gasteiger partial charge in [0.05, 0.1) is 0 Å². The molecule has 1 saturated heterocycles. The highest BCUT2D eigenvalue weighted by Crippen LogP contribution is 2.31. The quantitative estimate of drug-likeness (QED) is 0.894. The third-order valence-corrected chi connectivity index (χ3v) is 3.62. The van der Waals surface area contributed by atoms with Crippen molar-refractivity contribution >= 4 is 5.97 Å². The van der Waals surface area contributed by atoms with Crippen LogP contribution in [-0.2, 0) is 4.79 Å². The predicted octanol–water partition coefficient (Wildman–Crippen LogP) is 2.83. The summed E-state index contributed by atoms with van der Waals surface area (Å²) in [7, 11) is 0. The molecule has 1 aromatic rings. The lowest BCUT2D eigenvalue weighted by Gasteiger charge is -2.30. The van der Waals surface area contributed by atoms with E-state index in [2.05, 4.69) is 0 Å². The molecule has 0 saturated carbocycles. The van der Waals surface area contributed by atoms with E-state index in [0.29, 0.717) is 6.42 Å². The van der Waals surface area contributed by atoms with Crippen LogP contribution in [0.4, 0.5) is 4.39 Å². The summed E-state index contributed by atoms with van der Waals surface area (Å²) >= 11 is 0. The van der Waals surface area contributed by atoms with Gasteiger partial charge in [-0.15, -0.1) is 0 Å². The Hall–Kier alpha value is -1.42. The molecule has 0 spiro atoms. The predicted molar refractivity (Wildman–Crippen MR) is 66.8 cm³/mol. The number of carboxylic acid groups (broad SMARTS) is 1. The summed E-state index contributed by atoms with van der Waals surface area (Å²) in [5.41, 5.74) is 0.993. The maximum atomic E-state index is 12.9. The maximum absolute atomic E-state index is 12.9. The fraction of sp³-hybridized carbons (Fsp3) is 0.500. The average molecular weight is 251 g/mol. The zero-order chi connectivity index (χ0) is 13.1. The highest BCUT2D eigenvalue weighted by molar-refractivity contribution is 5.73. The third-order valence-electron chi connectivity index (χ3n) is 3.62. The number of benzene rings is 1. The molecule has 18 heavy (non-hydrogen) atoms. The second-order valence-electron chi connectivity index (χ2n) is 4.71. The van der Waals surface area contributed by atoms with Crippen molar-refractivity contribution in [1.82, 2.24) is 4.90 Å². The minimum Gasteiger partial charge on any atom is -0.480 e. The van der Waals surface area contributed by atoms with Crippen LogP contribution >= 0.6 is 0 Å². The zero-order valence-corrected chi connectivity index (χ0v) is 10.5. The second kappa shape index (κ2) is 5.48. The monoisotopic (exact) mass is 251 g/mol. The first kappa shape index (κ1) is 13.0. The van der Waals surface area contributed by atoms with Gasteiger partial charge < -0.3 is 5.11 Å². The molecule has 0 aliphatic carbocycles. The van der Waals surface area contributed by atoms with Gasteiger partial charge in [0.25, 0.3) is 0 Å². The number of carbonyl (C=O) groups is 1. The molecule has 98 valence electrons. The lowest BCUT2D eigenvalue weighted by molar-refractivity contribution is -0.143. The molecule has 1 aliphatic heterocycles. The van der Waals surface area contributed by atoms with E-state index in [4.69, 9.17) is 0 Å². The molecule has 2 unspecified atom stereocenters. The van der Waals surface area contributed by atoms with Crippen LogP contribution in [0, 0.1) is 5.82 Å². The van der Waals surface area contributed by atoms with Crippen molar-refractivity contribution in [2.75, 3.05) is 6.54 Å². The fourth-order valence-electron chi connectivity index (χ4n) is 2.77. The van der Waals surface area contributed by atoms with Gasteiger partial charge in [0.1, 0.15) is 11.9 Å². The Morgan fingerprint density at radius 1 is 1.50 bits per heavy atom. The first-order valence-electron chi connectivity index (χ1n) is 6.37. The molecule has 3 nitrogen and oxygen atoms in total. The molecule has 0 amide bonds. The van der Waals surface area contributed by atoms with Crippen LogP contribution in [0.2, 0.25) is 0 Å². The van der Waals surface area contributed by atoms with Gasteiger partial charge in [-0.05, 0) is 43.5 Å². The molecule has 4 heteroatoms. The van der Waals surface area contributed by atoms with Gasteiger partial charge in [-0.2, -0.15) is 0 Å². The molecule has 1 heterocycles. The van der Waals surface area contributed by atoms with E-state index in [1.54, 1.807) is 12.1 Å². The van der Waals surface area contributed by atoms with Crippen molar-refractivity contribution < 1.29 is 14.3 Å². The van der Waals surface area contributed by atoms with Crippen LogP contribution in [0.1, 0.15) is 37.8 Å². The van der Waals surface area contributed by atoms with Gasteiger partial charge in [-0.1, -0.05) is 19.1 Å². The molecule has 0 aromatic heterocycles. The van der Waals surface area contributed by atoms with E-state index in [-0.39, 0.29) is 11.9 Å². The van der Waals surface area contributed by atoms with Crippen LogP contribution < -0.4 is 0 Å². The van der Waals surface area contributed by atoms with E-state index in [1.807, 2.05) is 11.8 Å². The summed E-state index contributed by atoms with van der Waals surface area (Å²) in [4.78, 5) is 13.2. The lowest BCUT2D eigenvalue weighted by atomic mass is 10.0. The van der Waals surface area contributed by atoms with Gasteiger partial charge in [0, 0.05) is 6.04 Å². The van der Waals surface area contributed by atoms with Crippen LogP contribution in [0.25, 0.3) is 0 Å². The lowest BCUT2D eigenvalue weighted by Crippen LogP contribution is -2.38. The van der Waals surface area contributed by atoms with Crippen LogP contribution in [0.5, 0.6) is 0 Å². The summed E-state index contributed by atoms with van der Waals surface area (Å²) in [5, 5.41) is 9.22. The molecule has 2 atom stereocenters. The first-order valence-corrected chi connectivity index (χ1v) is 6.37. The molecular weight excluding hydrogens is 233 g/mol. The average Bonchev–Trinajstić information content (AvgIpc) is 2.82. The van der Waals surface area contributed by atoms with E-state index >= 15 is 0 Å². The van der Waals surface area contributed by atoms with Crippen molar-refractivity contribution in [2.24, 2.45) is 0 Å². The number of aliphatic carboxylic acids is 1. The van der Waals surface area contributed by atoms with Crippen LogP contribution in [0.15, 0.2) is 24.3 Å². The molecule has 2 rings (SSSR count). The Labute approximate surface area is 106 Å². The first-order chi connectivity index (χ1) is 8.63. The number of carboxylic acids is 1. The highest BCUT2D eigenvalue weighted by atomic mass is 19.1. The van der Waals surface area contributed by atoms with Gasteiger partial charge >= 0.3 is 5.97 Å². The van der Waals surface area contributed by atoms with E-state index in [0.717, 1.165) is 24.9 Å². The number of hydrogen-bond donors (Lipinski definition) is 1. The minimum absolute atomic E-state index is 0.0641. The maximum Gasteiger partial charge on any atom is 0.320 e. The van der Waals surface area contributed by atoms with Crippen LogP contribution in [-0.4, -0.2) is 28.6 Å². The molecule has 1 N–H and O–H groups in total. The normalized spacial score (nSPS) is 22.0. The molecular formula is C14H18FNO2. The second-order valence-corrected chi connectivity index (χ2v) is 4.71. The number of hydrogen-bond acceptors (Lipinski definition) is 2. The number of likely N-dealkylation sites (tertiary alicyclic amines) is 1. The highest BCUT2D eigenvalue weighted by Gasteiger charge is 2.35. The summed E-state index contributed by atoms with van der Waals surface area (Å²) in [5.74, 6) is -1.02. The number of nitrogens with zero attached hydrogens (tertiary/aromatic N) is 1. The number of rotatable bonds is 4. The van der Waals surface area contributed by atoms with Gasteiger partial charge in [-0.3, -0.25) is 9.69 Å². The molecule has 0 bridgehead atoms. The van der Waals surface area contributed by atoms with Crippen molar-refractivity contribution in [2.45, 2.75) is 38.3 Å². The Morgan fingerprint density at radius 2 is 2.17 bits per heavy atom. The zero-order valence-electron chi connectivity index (χ0n) is 10.5. The molecule has 0 radical (unpaired) electrons. The molecule has 1 aromatic carbocycles. The molecule has 1 fully saturated rings. The number of halogens is 1. The van der Waals surface area contributed by atoms with Crippen molar-refractivity contribution in [3.8, 4) is 0 Å². The summed E-state index contributed by atoms with van der Waals surface area (Å²) in [6.45, 7) is 2.83. The minimum atomic E-state index is -0.756. The molecule has 1 aliphatic rings. The van der Waals surface area contributed by atoms with E-state index in [9.17, 15) is 14.3 Å². The van der Waals surface area contributed by atoms with Crippen LogP contribution in [0.3, 0.4) is 0 Å². The largest absolute Gasteiger partial charge is 0.480 e. The SMILES string of the molecule is CCC(c1ccc(F)cc1)N1CCCC1C(=O)O. The van der Waals surface area contributed by atoms with Gasteiger partial charge in [-0.25, -0.2) is 4.39 Å². The van der Waals surface area contributed by atoms with Crippen molar-refractivity contribution in [3.05, 3.63) is 35.6 Å². The van der Waals surface area contributed by atoms with E-state index < -0.39 is 12.0 Å². The Morgan fingerprint density at radius 3 is 2.72 bits per heavy atom.